The Morgan fingerprint density at radius 2 is 1.52 bits per heavy atom. The van der Waals surface area contributed by atoms with Crippen molar-refractivity contribution < 1.29 is 28.5 Å². The molecule has 0 fully saturated rings. The number of esters is 1. The van der Waals surface area contributed by atoms with E-state index in [0.717, 1.165) is 5.56 Å². The predicted octanol–water partition coefficient (Wildman–Crippen LogP) is 3.11. The van der Waals surface area contributed by atoms with Crippen LogP contribution in [-0.2, 0) is 27.3 Å². The Bertz CT molecular complexity index is 828. The van der Waals surface area contributed by atoms with Gasteiger partial charge in [0.25, 0.3) is 5.91 Å². The lowest BCUT2D eigenvalue weighted by atomic mass is 10.1. The second-order valence-electron chi connectivity index (χ2n) is 6.25. The Balaban J connectivity index is 1.92. The molecule has 2 aromatic rings. The van der Waals surface area contributed by atoms with Crippen molar-refractivity contribution >= 4 is 23.5 Å². The first kappa shape index (κ1) is 22.4. The summed E-state index contributed by atoms with van der Waals surface area (Å²) in [5.41, 5.74) is 1.54. The quantitative estimate of drug-likeness (QED) is 0.579. The number of nitrogens with zero attached hydrogens (tertiary/aromatic N) is 1. The summed E-state index contributed by atoms with van der Waals surface area (Å²) in [5, 5.41) is 0.628. The molecule has 8 heteroatoms. The summed E-state index contributed by atoms with van der Waals surface area (Å²) in [5.74, 6) is 0.471. The second-order valence-corrected chi connectivity index (χ2v) is 6.68. The van der Waals surface area contributed by atoms with E-state index >= 15 is 0 Å². The minimum Gasteiger partial charge on any atom is -0.493 e. The lowest BCUT2D eigenvalue weighted by Crippen LogP contribution is -2.31. The first-order valence-electron chi connectivity index (χ1n) is 8.80. The van der Waals surface area contributed by atoms with Crippen LogP contribution in [0.2, 0.25) is 5.02 Å². The van der Waals surface area contributed by atoms with Crippen molar-refractivity contribution in [1.29, 1.82) is 0 Å². The number of methoxy groups -OCH3 is 3. The van der Waals surface area contributed by atoms with E-state index in [4.69, 9.17) is 30.5 Å². The van der Waals surface area contributed by atoms with Crippen molar-refractivity contribution in [1.82, 2.24) is 4.90 Å². The van der Waals surface area contributed by atoms with Crippen LogP contribution in [0.4, 0.5) is 0 Å². The molecule has 0 aromatic heterocycles. The first-order chi connectivity index (χ1) is 13.9. The van der Waals surface area contributed by atoms with Gasteiger partial charge in [0.05, 0.1) is 27.8 Å². The molecule has 0 unspecified atom stereocenters. The van der Waals surface area contributed by atoms with Crippen LogP contribution in [0.3, 0.4) is 0 Å². The molecule has 0 aliphatic rings. The summed E-state index contributed by atoms with van der Waals surface area (Å²) in [6, 6.07) is 10.5. The highest BCUT2D eigenvalue weighted by Gasteiger charge is 2.17. The van der Waals surface area contributed by atoms with Crippen molar-refractivity contribution in [3.8, 4) is 17.2 Å². The van der Waals surface area contributed by atoms with E-state index in [1.54, 1.807) is 31.3 Å². The normalized spacial score (nSPS) is 10.2. The van der Waals surface area contributed by atoms with E-state index < -0.39 is 5.97 Å². The maximum Gasteiger partial charge on any atom is 0.310 e. The van der Waals surface area contributed by atoms with Crippen molar-refractivity contribution in [3.05, 3.63) is 52.5 Å². The number of benzene rings is 2. The Labute approximate surface area is 175 Å². The molecule has 0 N–H and O–H groups in total. The van der Waals surface area contributed by atoms with Gasteiger partial charge in [0.1, 0.15) is 0 Å². The summed E-state index contributed by atoms with van der Waals surface area (Å²) in [6.45, 7) is 0.0494. The van der Waals surface area contributed by atoms with Gasteiger partial charge >= 0.3 is 5.97 Å². The maximum atomic E-state index is 12.2. The number of hydrogen-bond acceptors (Lipinski definition) is 6. The number of hydrogen-bond donors (Lipinski definition) is 0. The molecule has 1 amide bonds. The third-order valence-corrected chi connectivity index (χ3v) is 4.44. The van der Waals surface area contributed by atoms with Gasteiger partial charge in [-0.2, -0.15) is 0 Å². The molecule has 0 spiro atoms. The van der Waals surface area contributed by atoms with Crippen LogP contribution < -0.4 is 14.2 Å². The van der Waals surface area contributed by atoms with Gasteiger partial charge in [0, 0.05) is 18.6 Å². The number of rotatable bonds is 9. The number of likely N-dealkylation sites (N-methyl/N-ethyl adjacent to an activating group) is 1. The zero-order chi connectivity index (χ0) is 21.4. The van der Waals surface area contributed by atoms with Gasteiger partial charge in [-0.05, 0) is 35.4 Å². The summed E-state index contributed by atoms with van der Waals surface area (Å²) in [7, 11) is 6.13. The van der Waals surface area contributed by atoms with Gasteiger partial charge < -0.3 is 23.8 Å². The predicted molar refractivity (Wildman–Crippen MR) is 109 cm³/mol. The summed E-state index contributed by atoms with van der Waals surface area (Å²) >= 11 is 5.86. The fourth-order valence-electron chi connectivity index (χ4n) is 2.66. The number of amides is 1. The molecule has 29 heavy (non-hydrogen) atoms. The minimum atomic E-state index is -0.535. The van der Waals surface area contributed by atoms with Crippen LogP contribution in [0, 0.1) is 0 Å². The molecule has 2 aromatic carbocycles. The minimum absolute atomic E-state index is 0.0368. The molecular formula is C21H24ClNO6. The fourth-order valence-corrected chi connectivity index (χ4v) is 2.79. The zero-order valence-electron chi connectivity index (χ0n) is 16.9. The number of ether oxygens (including phenoxy) is 4. The van der Waals surface area contributed by atoms with Crippen molar-refractivity contribution in [2.45, 2.75) is 13.0 Å². The lowest BCUT2D eigenvalue weighted by molar-refractivity contribution is -0.151. The highest BCUT2D eigenvalue weighted by atomic mass is 35.5. The van der Waals surface area contributed by atoms with Crippen LogP contribution >= 0.6 is 11.6 Å². The van der Waals surface area contributed by atoms with Crippen LogP contribution in [0.25, 0.3) is 0 Å². The Kier molecular flexibility index (Phi) is 8.15. The average Bonchev–Trinajstić information content (AvgIpc) is 2.72. The number of halogens is 1. The largest absolute Gasteiger partial charge is 0.493 e. The Morgan fingerprint density at radius 3 is 2.03 bits per heavy atom. The van der Waals surface area contributed by atoms with Crippen molar-refractivity contribution in [2.24, 2.45) is 0 Å². The number of carbonyl (C=O) groups excluding carboxylic acids is 2. The smallest absolute Gasteiger partial charge is 0.310 e. The molecule has 156 valence electrons. The molecule has 0 aliphatic heterocycles. The Morgan fingerprint density at radius 1 is 0.931 bits per heavy atom. The fraction of sp³-hybridized carbons (Fsp3) is 0.333. The molecule has 0 saturated carbocycles. The van der Waals surface area contributed by atoms with Gasteiger partial charge in [-0.3, -0.25) is 9.59 Å². The van der Waals surface area contributed by atoms with Gasteiger partial charge in [0.2, 0.25) is 5.75 Å². The average molecular weight is 422 g/mol. The van der Waals surface area contributed by atoms with Crippen molar-refractivity contribution in [3.63, 3.8) is 0 Å². The van der Waals surface area contributed by atoms with Crippen LogP contribution in [0.1, 0.15) is 11.1 Å². The molecule has 0 aliphatic carbocycles. The van der Waals surface area contributed by atoms with Crippen LogP contribution in [-0.4, -0.2) is 51.8 Å². The highest BCUT2D eigenvalue weighted by Crippen LogP contribution is 2.38. The summed E-state index contributed by atoms with van der Waals surface area (Å²) in [4.78, 5) is 25.9. The molecule has 0 radical (unpaired) electrons. The van der Waals surface area contributed by atoms with E-state index in [-0.39, 0.29) is 18.9 Å². The standard InChI is InChI=1S/C21H24ClNO6/c1-23(12-14-5-7-16(22)8-6-14)19(24)13-29-20(25)11-15-9-17(26-2)21(28-4)18(10-15)27-3/h5-10H,11-13H2,1-4H3. The lowest BCUT2D eigenvalue weighted by Gasteiger charge is -2.17. The zero-order valence-corrected chi connectivity index (χ0v) is 17.6. The molecule has 0 heterocycles. The Hall–Kier alpha value is -2.93. The van der Waals surface area contributed by atoms with E-state index in [1.165, 1.54) is 26.2 Å². The van der Waals surface area contributed by atoms with Crippen LogP contribution in [0.5, 0.6) is 17.2 Å². The topological polar surface area (TPSA) is 74.3 Å². The first-order valence-corrected chi connectivity index (χ1v) is 9.18. The molecule has 0 bridgehead atoms. The molecular weight excluding hydrogens is 398 g/mol. The second kappa shape index (κ2) is 10.6. The van der Waals surface area contributed by atoms with Gasteiger partial charge in [0.15, 0.2) is 18.1 Å². The number of carbonyl (C=O) groups is 2. The van der Waals surface area contributed by atoms with E-state index in [2.05, 4.69) is 0 Å². The molecule has 0 atom stereocenters. The molecule has 0 saturated heterocycles. The van der Waals surface area contributed by atoms with E-state index in [1.807, 2.05) is 12.1 Å². The summed E-state index contributed by atoms with van der Waals surface area (Å²) in [6.07, 6.45) is -0.0368. The monoisotopic (exact) mass is 421 g/mol. The van der Waals surface area contributed by atoms with Gasteiger partial charge in [-0.15, -0.1) is 0 Å². The maximum absolute atomic E-state index is 12.2. The highest BCUT2D eigenvalue weighted by molar-refractivity contribution is 6.30. The molecule has 7 nitrogen and oxygen atoms in total. The summed E-state index contributed by atoms with van der Waals surface area (Å²) < 4.78 is 20.9. The van der Waals surface area contributed by atoms with Crippen LogP contribution in [0.15, 0.2) is 36.4 Å². The third-order valence-electron chi connectivity index (χ3n) is 4.19. The SMILES string of the molecule is COc1cc(CC(=O)OCC(=O)N(C)Cc2ccc(Cl)cc2)cc(OC)c1OC. The van der Waals surface area contributed by atoms with Gasteiger partial charge in [-0.25, -0.2) is 0 Å². The molecule has 2 rings (SSSR count). The van der Waals surface area contributed by atoms with E-state index in [9.17, 15) is 9.59 Å². The third kappa shape index (κ3) is 6.29. The van der Waals surface area contributed by atoms with Crippen molar-refractivity contribution in [2.75, 3.05) is 35.0 Å². The van der Waals surface area contributed by atoms with Gasteiger partial charge in [-0.1, -0.05) is 23.7 Å². The van der Waals surface area contributed by atoms with E-state index in [0.29, 0.717) is 34.4 Å².